The number of hydrogen-bond acceptors (Lipinski definition) is 6. The Kier molecular flexibility index (Phi) is 5.35. The zero-order valence-corrected chi connectivity index (χ0v) is 17.4. The first-order valence-corrected chi connectivity index (χ1v) is 10.3. The van der Waals surface area contributed by atoms with Crippen LogP contribution in [-0.2, 0) is 17.8 Å². The highest BCUT2D eigenvalue weighted by atomic mass is 32.1. The van der Waals surface area contributed by atoms with Crippen molar-refractivity contribution in [3.63, 3.8) is 0 Å². The van der Waals surface area contributed by atoms with Crippen molar-refractivity contribution in [1.82, 2.24) is 30.1 Å². The van der Waals surface area contributed by atoms with Gasteiger partial charge in [-0.3, -0.25) is 4.79 Å². The maximum Gasteiger partial charge on any atom is 0.246 e. The number of likely N-dealkylation sites (N-methyl/N-ethyl adjacent to an activating group) is 1. The van der Waals surface area contributed by atoms with Gasteiger partial charge in [0.05, 0.1) is 16.3 Å². The van der Waals surface area contributed by atoms with Gasteiger partial charge in [0.2, 0.25) is 11.7 Å². The Morgan fingerprint density at radius 3 is 2.66 bits per heavy atom. The molecule has 0 aliphatic carbocycles. The van der Waals surface area contributed by atoms with Crippen LogP contribution in [0.4, 0.5) is 0 Å². The van der Waals surface area contributed by atoms with Gasteiger partial charge < -0.3 is 4.90 Å². The number of para-hydroxylation sites is 1. The quantitative estimate of drug-likeness (QED) is 0.488. The highest BCUT2D eigenvalue weighted by Gasteiger charge is 2.22. The number of fused-ring (bicyclic) bond motifs is 1. The summed E-state index contributed by atoms with van der Waals surface area (Å²) in [4.78, 5) is 20.4. The van der Waals surface area contributed by atoms with Crippen LogP contribution < -0.4 is 0 Å². The van der Waals surface area contributed by atoms with Crippen LogP contribution in [0.5, 0.6) is 0 Å². The largest absolute Gasteiger partial charge is 0.335 e. The lowest BCUT2D eigenvalue weighted by Crippen LogP contribution is -2.33. The third-order valence-electron chi connectivity index (χ3n) is 4.99. The molecule has 2 heterocycles. The number of aromatic nitrogens is 5. The zero-order chi connectivity index (χ0) is 20.4. The van der Waals surface area contributed by atoms with Gasteiger partial charge in [-0.25, -0.2) is 4.98 Å². The van der Waals surface area contributed by atoms with Crippen molar-refractivity contribution in [2.45, 2.75) is 32.9 Å². The minimum Gasteiger partial charge on any atom is -0.335 e. The fraction of sp³-hybridized carbons (Fsp3) is 0.286. The Morgan fingerprint density at radius 1 is 1.17 bits per heavy atom. The van der Waals surface area contributed by atoms with Crippen molar-refractivity contribution in [1.29, 1.82) is 0 Å². The second-order valence-electron chi connectivity index (χ2n) is 6.89. The first-order chi connectivity index (χ1) is 14.0. The van der Waals surface area contributed by atoms with Gasteiger partial charge in [-0.15, -0.1) is 21.5 Å². The van der Waals surface area contributed by atoms with E-state index in [0.29, 0.717) is 5.82 Å². The molecule has 2 aromatic heterocycles. The summed E-state index contributed by atoms with van der Waals surface area (Å²) in [6.45, 7) is 4.12. The van der Waals surface area contributed by atoms with E-state index in [4.69, 9.17) is 0 Å². The van der Waals surface area contributed by atoms with Gasteiger partial charge in [0.1, 0.15) is 11.6 Å². The number of carbonyl (C=O) groups excluding carboxylic acids is 1. The fourth-order valence-corrected chi connectivity index (χ4v) is 4.06. The average molecular weight is 407 g/mol. The average Bonchev–Trinajstić information content (AvgIpc) is 3.39. The summed E-state index contributed by atoms with van der Waals surface area (Å²) < 4.78 is 1.12. The second-order valence-corrected chi connectivity index (χ2v) is 7.96. The molecule has 0 unspecified atom stereocenters. The van der Waals surface area contributed by atoms with Crippen LogP contribution in [0.25, 0.3) is 21.6 Å². The van der Waals surface area contributed by atoms with Crippen LogP contribution >= 0.6 is 11.3 Å². The summed E-state index contributed by atoms with van der Waals surface area (Å²) in [6.07, 6.45) is 0.980. The Morgan fingerprint density at radius 2 is 1.93 bits per heavy atom. The molecule has 7 nitrogen and oxygen atoms in total. The summed E-state index contributed by atoms with van der Waals surface area (Å²) in [5.74, 6) is 0.421. The van der Waals surface area contributed by atoms with E-state index in [9.17, 15) is 4.79 Å². The van der Waals surface area contributed by atoms with Crippen LogP contribution in [-0.4, -0.2) is 43.0 Å². The van der Waals surface area contributed by atoms with Gasteiger partial charge in [-0.1, -0.05) is 43.3 Å². The van der Waals surface area contributed by atoms with E-state index in [2.05, 4.69) is 39.5 Å². The summed E-state index contributed by atoms with van der Waals surface area (Å²) in [5, 5.41) is 13.4. The lowest BCUT2D eigenvalue weighted by molar-refractivity contribution is -0.132. The smallest absolute Gasteiger partial charge is 0.246 e. The van der Waals surface area contributed by atoms with Crippen molar-refractivity contribution in [2.24, 2.45) is 0 Å². The standard InChI is InChI=1S/C21H22N6OS/c1-4-15-9-11-16(12-10-15)20-23-25-27(24-20)13-19(28)26(3)14(2)21-22-17-7-5-6-8-18(17)29-21/h5-12,14H,4,13H2,1-3H3/t14-/m1/s1. The lowest BCUT2D eigenvalue weighted by Gasteiger charge is -2.22. The topological polar surface area (TPSA) is 76.8 Å². The molecule has 2 aromatic carbocycles. The predicted octanol–water partition coefficient (Wildman–Crippen LogP) is 3.73. The molecule has 0 spiro atoms. The van der Waals surface area contributed by atoms with Gasteiger partial charge in [-0.05, 0) is 36.3 Å². The van der Waals surface area contributed by atoms with Gasteiger partial charge in [-0.2, -0.15) is 4.80 Å². The molecule has 0 saturated heterocycles. The first kappa shape index (κ1) is 19.2. The minimum atomic E-state index is -0.135. The number of thiazole rings is 1. The highest BCUT2D eigenvalue weighted by molar-refractivity contribution is 7.18. The van der Waals surface area contributed by atoms with Crippen LogP contribution in [0.15, 0.2) is 48.5 Å². The van der Waals surface area contributed by atoms with E-state index in [1.54, 1.807) is 23.3 Å². The molecule has 4 aromatic rings. The maximum atomic E-state index is 12.7. The number of amides is 1. The number of benzene rings is 2. The van der Waals surface area contributed by atoms with E-state index in [1.165, 1.54) is 10.4 Å². The van der Waals surface area contributed by atoms with Gasteiger partial charge >= 0.3 is 0 Å². The van der Waals surface area contributed by atoms with Gasteiger partial charge in [0, 0.05) is 12.6 Å². The molecule has 0 aliphatic heterocycles. The van der Waals surface area contributed by atoms with E-state index in [0.717, 1.165) is 27.2 Å². The summed E-state index contributed by atoms with van der Waals surface area (Å²) in [5.41, 5.74) is 3.09. The van der Waals surface area contributed by atoms with Crippen LogP contribution in [0.2, 0.25) is 0 Å². The molecule has 0 fully saturated rings. The molecule has 1 amide bonds. The molecule has 0 N–H and O–H groups in total. The minimum absolute atomic E-state index is 0.0335. The summed E-state index contributed by atoms with van der Waals surface area (Å²) in [6, 6.07) is 15.9. The van der Waals surface area contributed by atoms with E-state index in [1.807, 2.05) is 43.3 Å². The molecule has 0 radical (unpaired) electrons. The molecule has 0 aliphatic rings. The molecule has 148 valence electrons. The molecule has 4 rings (SSSR count). The molecule has 1 atom stereocenters. The van der Waals surface area contributed by atoms with Crippen molar-refractivity contribution in [2.75, 3.05) is 7.05 Å². The van der Waals surface area contributed by atoms with Gasteiger partial charge in [0.25, 0.3) is 0 Å². The summed E-state index contributed by atoms with van der Waals surface area (Å²) >= 11 is 1.61. The molecule has 8 heteroatoms. The van der Waals surface area contributed by atoms with E-state index >= 15 is 0 Å². The molecule has 0 saturated carbocycles. The third-order valence-corrected chi connectivity index (χ3v) is 6.20. The second kappa shape index (κ2) is 8.08. The Hall–Kier alpha value is -3.13. The number of carbonyl (C=O) groups is 1. The van der Waals surface area contributed by atoms with Gasteiger partial charge in [0.15, 0.2) is 0 Å². The van der Waals surface area contributed by atoms with Crippen LogP contribution in [0.1, 0.15) is 30.5 Å². The maximum absolute atomic E-state index is 12.7. The van der Waals surface area contributed by atoms with E-state index in [-0.39, 0.29) is 18.5 Å². The number of nitrogens with zero attached hydrogens (tertiary/aromatic N) is 6. The number of aryl methyl sites for hydroxylation is 1. The number of rotatable bonds is 6. The van der Waals surface area contributed by atoms with Crippen molar-refractivity contribution >= 4 is 27.5 Å². The van der Waals surface area contributed by atoms with E-state index < -0.39 is 0 Å². The normalized spacial score (nSPS) is 12.2. The third kappa shape index (κ3) is 4.02. The molecule has 0 bridgehead atoms. The molecule has 29 heavy (non-hydrogen) atoms. The fourth-order valence-electron chi connectivity index (χ4n) is 3.00. The Labute approximate surface area is 173 Å². The molecular weight excluding hydrogens is 384 g/mol. The predicted molar refractivity (Wildman–Crippen MR) is 113 cm³/mol. The lowest BCUT2D eigenvalue weighted by atomic mass is 10.1. The summed E-state index contributed by atoms with van der Waals surface area (Å²) in [7, 11) is 1.78. The Bertz CT molecular complexity index is 1100. The number of tetrazole rings is 1. The van der Waals surface area contributed by atoms with Crippen molar-refractivity contribution in [3.8, 4) is 11.4 Å². The SMILES string of the molecule is CCc1ccc(-c2nnn(CC(=O)N(C)[C@H](C)c3nc4ccccc4s3)n2)cc1. The van der Waals surface area contributed by atoms with Crippen LogP contribution in [0, 0.1) is 0 Å². The Balaban J connectivity index is 1.45. The van der Waals surface area contributed by atoms with Crippen molar-refractivity contribution < 1.29 is 4.79 Å². The number of hydrogen-bond donors (Lipinski definition) is 0. The molecular formula is C21H22N6OS. The monoisotopic (exact) mass is 406 g/mol. The first-order valence-electron chi connectivity index (χ1n) is 9.53. The van der Waals surface area contributed by atoms with Crippen LogP contribution in [0.3, 0.4) is 0 Å². The highest BCUT2D eigenvalue weighted by Crippen LogP contribution is 2.28. The zero-order valence-electron chi connectivity index (χ0n) is 16.6. The van der Waals surface area contributed by atoms with Crippen molar-refractivity contribution in [3.05, 3.63) is 59.1 Å².